The van der Waals surface area contributed by atoms with Gasteiger partial charge >= 0.3 is 12.1 Å². The highest BCUT2D eigenvalue weighted by atomic mass is 16.5. The minimum atomic E-state index is -1.09. The molecule has 5 heteroatoms. The zero-order valence-corrected chi connectivity index (χ0v) is 13.9. The van der Waals surface area contributed by atoms with E-state index in [9.17, 15) is 14.7 Å². The lowest BCUT2D eigenvalue weighted by molar-refractivity contribution is -0.143. The van der Waals surface area contributed by atoms with Crippen LogP contribution in [-0.4, -0.2) is 35.2 Å². The van der Waals surface area contributed by atoms with Crippen LogP contribution in [-0.2, 0) is 9.53 Å². The Morgan fingerprint density at radius 3 is 2.12 bits per heavy atom. The van der Waals surface area contributed by atoms with E-state index in [1.54, 1.807) is 0 Å². The van der Waals surface area contributed by atoms with Gasteiger partial charge in [-0.25, -0.2) is 9.59 Å². The molecule has 0 radical (unpaired) electrons. The van der Waals surface area contributed by atoms with Crippen LogP contribution in [0.5, 0.6) is 0 Å². The maximum atomic E-state index is 12.5. The summed E-state index contributed by atoms with van der Waals surface area (Å²) in [6, 6.07) is 13.9. The van der Waals surface area contributed by atoms with Crippen LogP contribution in [0.15, 0.2) is 61.2 Å². The first-order valence-corrected chi connectivity index (χ1v) is 7.98. The number of carboxylic acid groups (broad SMARTS) is 1. The SMILES string of the molecule is C=CC[C@@H](C(=O)O)N(C(=O)OC)C1c2ccccc2-c2ccccc21. The number of hydrogen-bond acceptors (Lipinski definition) is 3. The Morgan fingerprint density at radius 2 is 1.68 bits per heavy atom. The maximum Gasteiger partial charge on any atom is 0.411 e. The van der Waals surface area contributed by atoms with Gasteiger partial charge in [0.1, 0.15) is 6.04 Å². The fourth-order valence-corrected chi connectivity index (χ4v) is 3.44. The third kappa shape index (κ3) is 2.78. The van der Waals surface area contributed by atoms with E-state index in [1.165, 1.54) is 18.1 Å². The van der Waals surface area contributed by atoms with E-state index in [-0.39, 0.29) is 6.42 Å². The fourth-order valence-electron chi connectivity index (χ4n) is 3.44. The third-order valence-corrected chi connectivity index (χ3v) is 4.48. The van der Waals surface area contributed by atoms with E-state index in [4.69, 9.17) is 4.74 Å². The molecule has 0 spiro atoms. The minimum absolute atomic E-state index is 0.130. The molecule has 1 aliphatic carbocycles. The first kappa shape index (κ1) is 16.8. The van der Waals surface area contributed by atoms with E-state index in [0.29, 0.717) is 0 Å². The number of methoxy groups -OCH3 is 1. The van der Waals surface area contributed by atoms with Crippen molar-refractivity contribution in [3.05, 3.63) is 72.3 Å². The number of carbonyl (C=O) groups excluding carboxylic acids is 1. The summed E-state index contributed by atoms with van der Waals surface area (Å²) in [4.78, 5) is 25.7. The zero-order chi connectivity index (χ0) is 18.0. The molecule has 0 bridgehead atoms. The van der Waals surface area contributed by atoms with Crippen molar-refractivity contribution in [3.63, 3.8) is 0 Å². The van der Waals surface area contributed by atoms with Crippen LogP contribution in [0.4, 0.5) is 4.79 Å². The second kappa shape index (κ2) is 6.81. The Labute approximate surface area is 146 Å². The molecule has 1 atom stereocenters. The molecular weight excluding hydrogens is 318 g/mol. The number of carbonyl (C=O) groups is 2. The number of rotatable bonds is 5. The molecule has 128 valence electrons. The summed E-state index contributed by atoms with van der Waals surface area (Å²) in [6.07, 6.45) is 0.956. The molecular formula is C20H19NO4. The molecule has 0 aromatic heterocycles. The van der Waals surface area contributed by atoms with Crippen molar-refractivity contribution >= 4 is 12.1 Å². The highest BCUT2D eigenvalue weighted by molar-refractivity contribution is 5.85. The van der Waals surface area contributed by atoms with Gasteiger partial charge < -0.3 is 9.84 Å². The number of carboxylic acids is 1. The van der Waals surface area contributed by atoms with Gasteiger partial charge in [0.15, 0.2) is 0 Å². The number of fused-ring (bicyclic) bond motifs is 3. The van der Waals surface area contributed by atoms with Crippen LogP contribution in [0.1, 0.15) is 23.6 Å². The largest absolute Gasteiger partial charge is 0.480 e. The third-order valence-electron chi connectivity index (χ3n) is 4.48. The molecule has 0 unspecified atom stereocenters. The van der Waals surface area contributed by atoms with Gasteiger partial charge in [0, 0.05) is 0 Å². The van der Waals surface area contributed by atoms with E-state index < -0.39 is 24.1 Å². The van der Waals surface area contributed by atoms with Crippen LogP contribution < -0.4 is 0 Å². The lowest BCUT2D eigenvalue weighted by atomic mass is 10.0. The Balaban J connectivity index is 2.20. The quantitative estimate of drug-likeness (QED) is 0.842. The molecule has 2 aromatic carbocycles. The van der Waals surface area contributed by atoms with Crippen molar-refractivity contribution in [2.45, 2.75) is 18.5 Å². The summed E-state index contributed by atoms with van der Waals surface area (Å²) >= 11 is 0. The highest BCUT2D eigenvalue weighted by Crippen LogP contribution is 2.47. The smallest absolute Gasteiger partial charge is 0.411 e. The van der Waals surface area contributed by atoms with Gasteiger partial charge in [-0.2, -0.15) is 0 Å². The van der Waals surface area contributed by atoms with E-state index in [1.807, 2.05) is 48.5 Å². The molecule has 1 aliphatic rings. The summed E-state index contributed by atoms with van der Waals surface area (Å²) in [6.45, 7) is 3.62. The molecule has 1 amide bonds. The Hall–Kier alpha value is -3.08. The molecule has 0 saturated heterocycles. The lowest BCUT2D eigenvalue weighted by Gasteiger charge is -2.33. The molecule has 0 saturated carbocycles. The summed E-state index contributed by atoms with van der Waals surface area (Å²) in [5.74, 6) is -1.09. The fraction of sp³-hybridized carbons (Fsp3) is 0.200. The monoisotopic (exact) mass is 337 g/mol. The molecule has 3 rings (SSSR count). The zero-order valence-electron chi connectivity index (χ0n) is 13.9. The highest BCUT2D eigenvalue weighted by Gasteiger charge is 2.41. The second-order valence-corrected chi connectivity index (χ2v) is 5.83. The van der Waals surface area contributed by atoms with Crippen molar-refractivity contribution in [2.75, 3.05) is 7.11 Å². The molecule has 5 nitrogen and oxygen atoms in total. The normalized spacial score (nSPS) is 13.5. The van der Waals surface area contributed by atoms with Crippen molar-refractivity contribution in [3.8, 4) is 11.1 Å². The van der Waals surface area contributed by atoms with Crippen LogP contribution in [0.3, 0.4) is 0 Å². The van der Waals surface area contributed by atoms with Gasteiger partial charge in [-0.1, -0.05) is 54.6 Å². The molecule has 0 heterocycles. The van der Waals surface area contributed by atoms with E-state index in [0.717, 1.165) is 22.3 Å². The summed E-state index contributed by atoms with van der Waals surface area (Å²) in [5, 5.41) is 9.68. The number of benzene rings is 2. The van der Waals surface area contributed by atoms with Crippen molar-refractivity contribution in [1.29, 1.82) is 0 Å². The standard InChI is InChI=1S/C20H19NO4/c1-3-8-17(19(22)23)21(20(24)25-2)18-15-11-6-4-9-13(15)14-10-5-7-12-16(14)18/h3-7,9-12,17-18H,1,8H2,2H3,(H,22,23)/t17-/m0/s1. The number of nitrogens with zero attached hydrogens (tertiary/aromatic N) is 1. The predicted molar refractivity (Wildman–Crippen MR) is 94.2 cm³/mol. The number of ether oxygens (including phenoxy) is 1. The van der Waals surface area contributed by atoms with Crippen molar-refractivity contribution in [2.24, 2.45) is 0 Å². The molecule has 1 N–H and O–H groups in total. The minimum Gasteiger partial charge on any atom is -0.480 e. The van der Waals surface area contributed by atoms with Gasteiger partial charge in [-0.3, -0.25) is 4.90 Å². The van der Waals surface area contributed by atoms with Gasteiger partial charge in [-0.05, 0) is 28.7 Å². The van der Waals surface area contributed by atoms with Gasteiger partial charge in [-0.15, -0.1) is 6.58 Å². The van der Waals surface area contributed by atoms with Gasteiger partial charge in [0.2, 0.25) is 0 Å². The maximum absolute atomic E-state index is 12.5. The summed E-state index contributed by atoms with van der Waals surface area (Å²) in [7, 11) is 1.26. The lowest BCUT2D eigenvalue weighted by Crippen LogP contribution is -2.46. The van der Waals surface area contributed by atoms with E-state index in [2.05, 4.69) is 6.58 Å². The van der Waals surface area contributed by atoms with Gasteiger partial charge in [0.05, 0.1) is 13.2 Å². The van der Waals surface area contributed by atoms with Crippen molar-refractivity contribution < 1.29 is 19.4 Å². The first-order valence-electron chi connectivity index (χ1n) is 7.98. The van der Waals surface area contributed by atoms with Crippen molar-refractivity contribution in [1.82, 2.24) is 4.90 Å². The number of hydrogen-bond donors (Lipinski definition) is 1. The van der Waals surface area contributed by atoms with Crippen LogP contribution in [0, 0.1) is 0 Å². The average molecular weight is 337 g/mol. The van der Waals surface area contributed by atoms with Crippen LogP contribution >= 0.6 is 0 Å². The number of amides is 1. The van der Waals surface area contributed by atoms with Gasteiger partial charge in [0.25, 0.3) is 0 Å². The first-order chi connectivity index (χ1) is 12.1. The molecule has 0 aliphatic heterocycles. The Kier molecular flexibility index (Phi) is 4.57. The van der Waals surface area contributed by atoms with Crippen LogP contribution in [0.2, 0.25) is 0 Å². The molecule has 25 heavy (non-hydrogen) atoms. The predicted octanol–water partition coefficient (Wildman–Crippen LogP) is 3.85. The van der Waals surface area contributed by atoms with E-state index >= 15 is 0 Å². The van der Waals surface area contributed by atoms with Crippen LogP contribution in [0.25, 0.3) is 11.1 Å². The topological polar surface area (TPSA) is 66.8 Å². The summed E-state index contributed by atoms with van der Waals surface area (Å²) < 4.78 is 4.92. The number of aliphatic carboxylic acids is 1. The molecule has 0 fully saturated rings. The average Bonchev–Trinajstić information content (AvgIpc) is 2.96. The Morgan fingerprint density at radius 1 is 1.16 bits per heavy atom. The summed E-state index contributed by atoms with van der Waals surface area (Å²) in [5.41, 5.74) is 3.79. The molecule has 2 aromatic rings. The second-order valence-electron chi connectivity index (χ2n) is 5.83. The Bertz CT molecular complexity index is 784.